The van der Waals surface area contributed by atoms with Gasteiger partial charge in [0, 0.05) is 42.1 Å². The Morgan fingerprint density at radius 3 is 2.11 bits per heavy atom. The van der Waals surface area contributed by atoms with Crippen LogP contribution in [0.15, 0.2) is 73.1 Å². The third-order valence-electron chi connectivity index (χ3n) is 4.95. The largest absolute Gasteiger partial charge is 0.372 e. The van der Waals surface area contributed by atoms with Gasteiger partial charge in [0.15, 0.2) is 0 Å². The molecular weight excluding hydrogens is 458 g/mol. The van der Waals surface area contributed by atoms with E-state index in [1.165, 1.54) is 0 Å². The molecule has 0 bridgehead atoms. The van der Waals surface area contributed by atoms with Gasteiger partial charge in [-0.15, -0.1) is 0 Å². The highest BCUT2D eigenvalue weighted by molar-refractivity contribution is 5.99. The van der Waals surface area contributed by atoms with Gasteiger partial charge >= 0.3 is 6.03 Å². The van der Waals surface area contributed by atoms with Crippen LogP contribution in [0.3, 0.4) is 0 Å². The summed E-state index contributed by atoms with van der Waals surface area (Å²) in [5.74, 6) is 1.17. The number of nitrogens with zero attached hydrogens (tertiary/aromatic N) is 3. The average molecular weight is 482 g/mol. The van der Waals surface area contributed by atoms with Crippen molar-refractivity contribution in [3.63, 3.8) is 0 Å². The number of amides is 2. The monoisotopic (exact) mass is 481 g/mol. The Morgan fingerprint density at radius 1 is 0.833 bits per heavy atom. The Labute approximate surface area is 206 Å². The van der Waals surface area contributed by atoms with Crippen LogP contribution in [0.25, 0.3) is 0 Å². The van der Waals surface area contributed by atoms with E-state index in [4.69, 9.17) is 5.41 Å². The lowest BCUT2D eigenvalue weighted by Crippen LogP contribution is -2.19. The maximum atomic E-state index is 12.2. The maximum absolute atomic E-state index is 12.2. The number of benzene rings is 2. The molecule has 2 heterocycles. The number of carbonyl (C=O) groups is 2. The normalized spacial score (nSPS) is 10.1. The number of nitrogens with one attached hydrogen (secondary N) is 6. The molecule has 0 fully saturated rings. The number of hydrogen-bond acceptors (Lipinski definition) is 9. The lowest BCUT2D eigenvalue weighted by Gasteiger charge is -2.15. The van der Waals surface area contributed by atoms with Crippen molar-refractivity contribution in [3.8, 4) is 0 Å². The highest BCUT2D eigenvalue weighted by atomic mass is 16.2. The maximum Gasteiger partial charge on any atom is 0.323 e. The molecular formula is C25H23N9O2. The minimum absolute atomic E-state index is 0.298. The Bertz CT molecular complexity index is 1360. The molecule has 4 rings (SSSR count). The summed E-state index contributed by atoms with van der Waals surface area (Å²) in [5.41, 5.74) is 3.61. The zero-order valence-electron chi connectivity index (χ0n) is 19.2. The highest BCUT2D eigenvalue weighted by Crippen LogP contribution is 2.26. The summed E-state index contributed by atoms with van der Waals surface area (Å²) in [5, 5.41) is 22.5. The Morgan fingerprint density at radius 2 is 1.47 bits per heavy atom. The molecule has 11 heteroatoms. The van der Waals surface area contributed by atoms with Crippen LogP contribution >= 0.6 is 0 Å². The van der Waals surface area contributed by atoms with E-state index in [0.29, 0.717) is 51.5 Å². The first-order valence-corrected chi connectivity index (χ1v) is 10.9. The number of aromatic nitrogens is 3. The lowest BCUT2D eigenvalue weighted by atomic mass is 10.2. The van der Waals surface area contributed by atoms with E-state index >= 15 is 0 Å². The van der Waals surface area contributed by atoms with Gasteiger partial charge in [-0.2, -0.15) is 9.97 Å². The summed E-state index contributed by atoms with van der Waals surface area (Å²) in [6.07, 6.45) is 5.11. The molecule has 0 aliphatic carbocycles. The van der Waals surface area contributed by atoms with Gasteiger partial charge in [-0.3, -0.25) is 9.78 Å². The van der Waals surface area contributed by atoms with Crippen molar-refractivity contribution in [2.24, 2.45) is 0 Å². The van der Waals surface area contributed by atoms with Crippen molar-refractivity contribution in [1.82, 2.24) is 15.0 Å². The fourth-order valence-electron chi connectivity index (χ4n) is 3.23. The van der Waals surface area contributed by atoms with Gasteiger partial charge in [0.1, 0.15) is 17.9 Å². The van der Waals surface area contributed by atoms with Crippen LogP contribution in [-0.4, -0.2) is 40.5 Å². The van der Waals surface area contributed by atoms with E-state index in [1.54, 1.807) is 80.1 Å². The van der Waals surface area contributed by atoms with Crippen LogP contribution in [0.5, 0.6) is 0 Å². The number of pyridine rings is 1. The van der Waals surface area contributed by atoms with Crippen molar-refractivity contribution in [2.75, 3.05) is 33.6 Å². The first-order valence-electron chi connectivity index (χ1n) is 10.9. The molecule has 0 aliphatic rings. The average Bonchev–Trinajstić information content (AvgIpc) is 2.90. The first-order chi connectivity index (χ1) is 17.6. The zero-order chi connectivity index (χ0) is 25.3. The number of hydrogen-bond donors (Lipinski definition) is 6. The fourth-order valence-corrected chi connectivity index (χ4v) is 3.23. The number of carbonyl (C=O) groups excluding carboxylic acids is 2. The standard InChI is InChI=1S/C25H23N9O2/c1-27-22-21(13-26)23(29-17-6-4-16(15-35)5-7-17)34-24(33-22)30-18-8-10-19(11-9-18)31-25(36)32-20-3-2-12-28-14-20/h2-15,26H,1H3,(H2,31,32,36)(H3,27,29,30,33,34). The molecule has 6 N–H and O–H groups in total. The van der Waals surface area contributed by atoms with E-state index in [9.17, 15) is 9.59 Å². The number of urea groups is 1. The fraction of sp³-hybridized carbons (Fsp3) is 0.0400. The molecule has 0 unspecified atom stereocenters. The first kappa shape index (κ1) is 23.8. The second kappa shape index (κ2) is 11.2. The van der Waals surface area contributed by atoms with Crippen LogP contribution in [-0.2, 0) is 0 Å². The molecule has 0 spiro atoms. The third kappa shape index (κ3) is 5.97. The summed E-state index contributed by atoms with van der Waals surface area (Å²) >= 11 is 0. The SMILES string of the molecule is CNc1nc(Nc2ccc(NC(=O)Nc3cccnc3)cc2)nc(Nc2ccc(C=O)cc2)c1C=N. The van der Waals surface area contributed by atoms with Gasteiger partial charge in [-0.1, -0.05) is 0 Å². The van der Waals surface area contributed by atoms with E-state index in [0.717, 1.165) is 12.5 Å². The van der Waals surface area contributed by atoms with Crippen LogP contribution in [0.4, 0.5) is 45.1 Å². The van der Waals surface area contributed by atoms with Crippen molar-refractivity contribution < 1.29 is 9.59 Å². The molecule has 2 aromatic heterocycles. The minimum atomic E-state index is -0.384. The van der Waals surface area contributed by atoms with Crippen LogP contribution in [0.2, 0.25) is 0 Å². The van der Waals surface area contributed by atoms with E-state index in [2.05, 4.69) is 41.5 Å². The van der Waals surface area contributed by atoms with E-state index < -0.39 is 0 Å². The Kier molecular flexibility index (Phi) is 7.41. The number of anilines is 7. The second-order valence-electron chi connectivity index (χ2n) is 7.44. The van der Waals surface area contributed by atoms with E-state index in [-0.39, 0.29) is 6.03 Å². The summed E-state index contributed by atoms with van der Waals surface area (Å²) < 4.78 is 0. The Balaban J connectivity index is 1.48. The quantitative estimate of drug-likeness (QED) is 0.146. The van der Waals surface area contributed by atoms with Crippen LogP contribution < -0.4 is 26.6 Å². The van der Waals surface area contributed by atoms with E-state index in [1.807, 2.05) is 0 Å². The molecule has 2 amide bonds. The summed E-state index contributed by atoms with van der Waals surface area (Å²) in [7, 11) is 1.71. The smallest absolute Gasteiger partial charge is 0.323 e. The van der Waals surface area contributed by atoms with Crippen molar-refractivity contribution in [2.45, 2.75) is 0 Å². The van der Waals surface area contributed by atoms with Gasteiger partial charge in [0.25, 0.3) is 0 Å². The molecule has 2 aromatic carbocycles. The number of aldehydes is 1. The van der Waals surface area contributed by atoms with Crippen LogP contribution in [0, 0.1) is 5.41 Å². The zero-order valence-corrected chi connectivity index (χ0v) is 19.2. The minimum Gasteiger partial charge on any atom is -0.372 e. The van der Waals surface area contributed by atoms with Crippen molar-refractivity contribution in [3.05, 3.63) is 84.2 Å². The predicted octanol–water partition coefficient (Wildman–Crippen LogP) is 4.85. The topological polar surface area (TPSA) is 157 Å². The van der Waals surface area contributed by atoms with Gasteiger partial charge in [0.2, 0.25) is 5.95 Å². The highest BCUT2D eigenvalue weighted by Gasteiger charge is 2.13. The van der Waals surface area contributed by atoms with Crippen molar-refractivity contribution in [1.29, 1.82) is 5.41 Å². The molecule has 180 valence electrons. The van der Waals surface area contributed by atoms with Gasteiger partial charge < -0.3 is 32.0 Å². The molecule has 11 nitrogen and oxygen atoms in total. The lowest BCUT2D eigenvalue weighted by molar-refractivity contribution is 0.112. The molecule has 0 saturated carbocycles. The molecule has 0 saturated heterocycles. The van der Waals surface area contributed by atoms with Gasteiger partial charge in [-0.25, -0.2) is 4.79 Å². The van der Waals surface area contributed by atoms with Gasteiger partial charge in [-0.05, 0) is 60.7 Å². The Hall–Kier alpha value is -5.32. The number of rotatable bonds is 9. The third-order valence-corrected chi connectivity index (χ3v) is 4.95. The molecule has 4 aromatic rings. The van der Waals surface area contributed by atoms with Crippen molar-refractivity contribution >= 4 is 58.9 Å². The summed E-state index contributed by atoms with van der Waals surface area (Å²) in [4.78, 5) is 36.0. The predicted molar refractivity (Wildman–Crippen MR) is 141 cm³/mol. The van der Waals surface area contributed by atoms with Gasteiger partial charge in [0.05, 0.1) is 17.4 Å². The summed E-state index contributed by atoms with van der Waals surface area (Å²) in [6.45, 7) is 0. The molecule has 36 heavy (non-hydrogen) atoms. The van der Waals surface area contributed by atoms with Crippen LogP contribution in [0.1, 0.15) is 15.9 Å². The summed E-state index contributed by atoms with van der Waals surface area (Å²) in [6, 6.07) is 17.0. The molecule has 0 radical (unpaired) electrons. The molecule has 0 atom stereocenters. The molecule has 0 aliphatic heterocycles. The second-order valence-corrected chi connectivity index (χ2v) is 7.44.